The third-order valence-electron chi connectivity index (χ3n) is 5.97. The molecule has 1 amide bonds. The van der Waals surface area contributed by atoms with E-state index in [2.05, 4.69) is 10.3 Å². The molecule has 6 nitrogen and oxygen atoms in total. The van der Waals surface area contributed by atoms with E-state index >= 15 is 0 Å². The number of fused-ring (bicyclic) bond motifs is 1. The summed E-state index contributed by atoms with van der Waals surface area (Å²) < 4.78 is 1.90. The molecule has 0 aromatic carbocycles. The van der Waals surface area contributed by atoms with E-state index in [1.165, 1.54) is 12.8 Å². The molecular formula is C16H24N4O2. The maximum atomic E-state index is 12.4. The van der Waals surface area contributed by atoms with Gasteiger partial charge in [0.15, 0.2) is 0 Å². The Labute approximate surface area is 130 Å². The summed E-state index contributed by atoms with van der Waals surface area (Å²) in [6.07, 6.45) is 8.81. The summed E-state index contributed by atoms with van der Waals surface area (Å²) in [5.41, 5.74) is -0.822. The van der Waals surface area contributed by atoms with E-state index in [9.17, 15) is 9.90 Å². The predicted molar refractivity (Wildman–Crippen MR) is 81.0 cm³/mol. The Hall–Kier alpha value is -1.40. The van der Waals surface area contributed by atoms with E-state index < -0.39 is 5.60 Å². The van der Waals surface area contributed by atoms with E-state index in [1.807, 2.05) is 15.7 Å². The van der Waals surface area contributed by atoms with E-state index in [1.54, 1.807) is 6.20 Å². The van der Waals surface area contributed by atoms with Gasteiger partial charge in [-0.3, -0.25) is 4.79 Å². The predicted octanol–water partition coefficient (Wildman–Crippen LogP) is 0.510. The molecule has 1 saturated carbocycles. The lowest BCUT2D eigenvalue weighted by Gasteiger charge is -2.51. The number of hydrogen-bond donors (Lipinski definition) is 2. The molecule has 4 rings (SSSR count). The molecule has 0 bridgehead atoms. The largest absolute Gasteiger partial charge is 0.387 e. The SMILES string of the molecule is O=C1Cn2ccnc2CN1CC1(O)CCNCC12CCCC2. The molecule has 1 aromatic heterocycles. The average molecular weight is 304 g/mol. The van der Waals surface area contributed by atoms with E-state index in [0.29, 0.717) is 19.6 Å². The van der Waals surface area contributed by atoms with Gasteiger partial charge in [-0.2, -0.15) is 0 Å². The van der Waals surface area contributed by atoms with Crippen LogP contribution in [0.5, 0.6) is 0 Å². The number of β-amino-alcohol motifs (C(OH)–C–C–N with tert-alkyl or cyclic N) is 1. The van der Waals surface area contributed by atoms with E-state index in [0.717, 1.165) is 38.2 Å². The number of nitrogens with zero attached hydrogens (tertiary/aromatic N) is 3. The van der Waals surface area contributed by atoms with Crippen molar-refractivity contribution in [2.75, 3.05) is 19.6 Å². The molecule has 1 unspecified atom stereocenters. The highest BCUT2D eigenvalue weighted by atomic mass is 16.3. The van der Waals surface area contributed by atoms with Gasteiger partial charge in [0.1, 0.15) is 12.4 Å². The number of aliphatic hydroxyl groups is 1. The highest BCUT2D eigenvalue weighted by Gasteiger charge is 2.54. The van der Waals surface area contributed by atoms with Gasteiger partial charge in [0.2, 0.25) is 5.91 Å². The zero-order valence-corrected chi connectivity index (χ0v) is 12.9. The van der Waals surface area contributed by atoms with Crippen LogP contribution in [0.1, 0.15) is 37.9 Å². The molecule has 2 N–H and O–H groups in total. The molecule has 2 aliphatic heterocycles. The number of amides is 1. The minimum absolute atomic E-state index is 0.0571. The third-order valence-corrected chi connectivity index (χ3v) is 5.97. The number of hydrogen-bond acceptors (Lipinski definition) is 4. The van der Waals surface area contributed by atoms with Crippen molar-refractivity contribution in [2.45, 2.75) is 50.8 Å². The van der Waals surface area contributed by atoms with Crippen molar-refractivity contribution in [2.24, 2.45) is 5.41 Å². The summed E-state index contributed by atoms with van der Waals surface area (Å²) in [5, 5.41) is 14.9. The number of nitrogens with one attached hydrogen (secondary N) is 1. The second-order valence-corrected chi connectivity index (χ2v) is 7.17. The molecule has 3 heterocycles. The maximum Gasteiger partial charge on any atom is 0.243 e. The normalized spacial score (nSPS) is 30.8. The molecule has 2 fully saturated rings. The Morgan fingerprint density at radius 2 is 2.09 bits per heavy atom. The fraction of sp³-hybridized carbons (Fsp3) is 0.750. The summed E-state index contributed by atoms with van der Waals surface area (Å²) in [6.45, 7) is 3.00. The molecule has 1 aromatic rings. The van der Waals surface area contributed by atoms with Gasteiger partial charge in [0.05, 0.1) is 18.7 Å². The van der Waals surface area contributed by atoms with Crippen LogP contribution in [0.25, 0.3) is 0 Å². The first-order valence-electron chi connectivity index (χ1n) is 8.33. The Morgan fingerprint density at radius 3 is 2.91 bits per heavy atom. The van der Waals surface area contributed by atoms with Crippen molar-refractivity contribution in [3.05, 3.63) is 18.2 Å². The lowest BCUT2D eigenvalue weighted by atomic mass is 9.66. The number of imidazole rings is 1. The minimum Gasteiger partial charge on any atom is -0.387 e. The van der Waals surface area contributed by atoms with Crippen molar-refractivity contribution >= 4 is 5.91 Å². The van der Waals surface area contributed by atoms with E-state index in [-0.39, 0.29) is 11.3 Å². The highest BCUT2D eigenvalue weighted by Crippen LogP contribution is 2.49. The molecule has 1 aliphatic carbocycles. The Balaban J connectivity index is 1.57. The van der Waals surface area contributed by atoms with E-state index in [4.69, 9.17) is 0 Å². The van der Waals surface area contributed by atoms with Crippen LogP contribution < -0.4 is 5.32 Å². The lowest BCUT2D eigenvalue weighted by molar-refractivity contribution is -0.151. The van der Waals surface area contributed by atoms with Gasteiger partial charge in [0, 0.05) is 24.4 Å². The minimum atomic E-state index is -0.765. The third kappa shape index (κ3) is 2.08. The van der Waals surface area contributed by atoms with Crippen LogP contribution in [0.4, 0.5) is 0 Å². The summed E-state index contributed by atoms with van der Waals surface area (Å²) in [5.74, 6) is 1.00. The second kappa shape index (κ2) is 5.06. The van der Waals surface area contributed by atoms with Gasteiger partial charge < -0.3 is 19.9 Å². The summed E-state index contributed by atoms with van der Waals surface area (Å²) in [7, 11) is 0. The number of rotatable bonds is 2. The maximum absolute atomic E-state index is 12.4. The Bertz CT molecular complexity index is 578. The monoisotopic (exact) mass is 304 g/mol. The topological polar surface area (TPSA) is 70.4 Å². The van der Waals surface area contributed by atoms with Crippen molar-refractivity contribution in [1.29, 1.82) is 0 Å². The van der Waals surface area contributed by atoms with Crippen LogP contribution in [-0.4, -0.2) is 50.7 Å². The first-order chi connectivity index (χ1) is 10.6. The van der Waals surface area contributed by atoms with Crippen molar-refractivity contribution in [3.8, 4) is 0 Å². The molecule has 3 aliphatic rings. The first kappa shape index (κ1) is 14.2. The van der Waals surface area contributed by atoms with Gasteiger partial charge in [-0.25, -0.2) is 4.98 Å². The fourth-order valence-corrected chi connectivity index (χ4v) is 4.59. The van der Waals surface area contributed by atoms with Crippen molar-refractivity contribution < 1.29 is 9.90 Å². The van der Waals surface area contributed by atoms with Gasteiger partial charge in [-0.05, 0) is 25.8 Å². The second-order valence-electron chi connectivity index (χ2n) is 7.17. The molecule has 120 valence electrons. The first-order valence-corrected chi connectivity index (χ1v) is 8.33. The molecule has 1 saturated heterocycles. The fourth-order valence-electron chi connectivity index (χ4n) is 4.59. The zero-order valence-electron chi connectivity index (χ0n) is 12.9. The number of carbonyl (C=O) groups excluding carboxylic acids is 1. The van der Waals surface area contributed by atoms with Gasteiger partial charge >= 0.3 is 0 Å². The molecule has 0 radical (unpaired) electrons. The Morgan fingerprint density at radius 1 is 1.27 bits per heavy atom. The van der Waals surface area contributed by atoms with Crippen LogP contribution in [0.3, 0.4) is 0 Å². The number of aromatic nitrogens is 2. The smallest absolute Gasteiger partial charge is 0.243 e. The van der Waals surface area contributed by atoms with Crippen LogP contribution in [0.2, 0.25) is 0 Å². The summed E-state index contributed by atoms with van der Waals surface area (Å²) in [6, 6.07) is 0. The summed E-state index contributed by atoms with van der Waals surface area (Å²) >= 11 is 0. The van der Waals surface area contributed by atoms with Gasteiger partial charge in [-0.15, -0.1) is 0 Å². The standard InChI is InChI=1S/C16H24N4O2/c21-14-10-19-8-7-18-13(19)9-20(14)12-16(22)5-6-17-11-15(16)3-1-2-4-15/h7-8,17,22H,1-6,9-12H2. The molecule has 22 heavy (non-hydrogen) atoms. The van der Waals surface area contributed by atoms with Crippen molar-refractivity contribution in [1.82, 2.24) is 19.8 Å². The Kier molecular flexibility index (Phi) is 3.27. The molecule has 6 heteroatoms. The van der Waals surface area contributed by atoms with Crippen LogP contribution >= 0.6 is 0 Å². The molecule has 1 atom stereocenters. The quantitative estimate of drug-likeness (QED) is 0.835. The molecule has 1 spiro atoms. The van der Waals surface area contributed by atoms with Crippen LogP contribution in [0, 0.1) is 5.41 Å². The zero-order chi connectivity index (χ0) is 15.2. The van der Waals surface area contributed by atoms with Gasteiger partial charge in [0.25, 0.3) is 0 Å². The summed E-state index contributed by atoms with van der Waals surface area (Å²) in [4.78, 5) is 18.6. The lowest BCUT2D eigenvalue weighted by Crippen LogP contribution is -2.63. The van der Waals surface area contributed by atoms with Crippen molar-refractivity contribution in [3.63, 3.8) is 0 Å². The average Bonchev–Trinajstić information content (AvgIpc) is 3.13. The number of piperidine rings is 1. The molecular weight excluding hydrogens is 280 g/mol. The highest BCUT2D eigenvalue weighted by molar-refractivity contribution is 5.77. The van der Waals surface area contributed by atoms with Gasteiger partial charge in [-0.1, -0.05) is 12.8 Å². The van der Waals surface area contributed by atoms with Crippen LogP contribution in [0.15, 0.2) is 12.4 Å². The number of carbonyl (C=O) groups is 1. The van der Waals surface area contributed by atoms with Crippen LogP contribution in [-0.2, 0) is 17.9 Å².